The maximum absolute atomic E-state index is 2.63. The number of rotatable bonds is 1. The summed E-state index contributed by atoms with van der Waals surface area (Å²) in [4.78, 5) is 0. The van der Waals surface area contributed by atoms with Crippen LogP contribution in [0.4, 0.5) is 0 Å². The van der Waals surface area contributed by atoms with Crippen LogP contribution in [0, 0.1) is 16.7 Å². The topological polar surface area (TPSA) is 0 Å². The van der Waals surface area contributed by atoms with Gasteiger partial charge in [0.25, 0.3) is 0 Å². The highest BCUT2D eigenvalue weighted by Crippen LogP contribution is 2.74. The van der Waals surface area contributed by atoms with Gasteiger partial charge in [-0.05, 0) is 48.9 Å². The summed E-state index contributed by atoms with van der Waals surface area (Å²) in [5, 5.41) is 0. The zero-order valence-corrected chi connectivity index (χ0v) is 12.4. The van der Waals surface area contributed by atoms with Gasteiger partial charge in [0.1, 0.15) is 0 Å². The Morgan fingerprint density at radius 1 is 0.765 bits per heavy atom. The molecule has 1 spiro atoms. The maximum Gasteiger partial charge on any atom is -0.0235 e. The minimum atomic E-state index is 0.786. The van der Waals surface area contributed by atoms with E-state index in [0.717, 1.165) is 16.7 Å². The first kappa shape index (κ1) is 13.4. The fraction of sp³-hybridized carbons (Fsp3) is 1.00. The van der Waals surface area contributed by atoms with Crippen molar-refractivity contribution in [2.75, 3.05) is 0 Å². The summed E-state index contributed by atoms with van der Waals surface area (Å²) in [6.07, 6.45) is 17.0. The normalized spacial score (nSPS) is 36.2. The van der Waals surface area contributed by atoms with Crippen molar-refractivity contribution in [2.45, 2.75) is 91.4 Å². The van der Waals surface area contributed by atoms with Gasteiger partial charge in [-0.3, -0.25) is 0 Å². The van der Waals surface area contributed by atoms with Crippen LogP contribution in [0.1, 0.15) is 91.4 Å². The smallest absolute Gasteiger partial charge is 0.0235 e. The largest absolute Gasteiger partial charge is 0.0683 e. The molecular weight excluding hydrogens is 204 g/mol. The average Bonchev–Trinajstić information content (AvgIpc) is 2.99. The molecule has 0 saturated heterocycles. The van der Waals surface area contributed by atoms with Gasteiger partial charge in [-0.25, -0.2) is 0 Å². The summed E-state index contributed by atoms with van der Waals surface area (Å²) in [6.45, 7) is 6.63. The van der Waals surface area contributed by atoms with Crippen LogP contribution in [-0.4, -0.2) is 0 Å². The molecule has 3 fully saturated rings. The summed E-state index contributed by atoms with van der Waals surface area (Å²) in [5.74, 6) is 1.10. The van der Waals surface area contributed by atoms with E-state index in [1.165, 1.54) is 38.5 Å². The third-order valence-corrected chi connectivity index (χ3v) is 6.11. The second-order valence-electron chi connectivity index (χ2n) is 6.77. The summed E-state index contributed by atoms with van der Waals surface area (Å²) >= 11 is 0. The lowest BCUT2D eigenvalue weighted by Gasteiger charge is -2.35. The van der Waals surface area contributed by atoms with E-state index in [1.807, 2.05) is 13.8 Å². The second-order valence-corrected chi connectivity index (χ2v) is 6.77. The molecule has 1 unspecified atom stereocenters. The van der Waals surface area contributed by atoms with E-state index in [1.54, 1.807) is 32.1 Å². The molecular formula is C17H32. The van der Waals surface area contributed by atoms with Crippen molar-refractivity contribution in [1.29, 1.82) is 0 Å². The molecule has 3 aliphatic rings. The Kier molecular flexibility index (Phi) is 4.21. The van der Waals surface area contributed by atoms with Crippen LogP contribution in [0.25, 0.3) is 0 Å². The zero-order chi connectivity index (χ0) is 12.4. The summed E-state index contributed by atoms with van der Waals surface area (Å²) < 4.78 is 0. The van der Waals surface area contributed by atoms with Crippen LogP contribution in [0.5, 0.6) is 0 Å². The second kappa shape index (κ2) is 5.33. The van der Waals surface area contributed by atoms with Crippen molar-refractivity contribution >= 4 is 0 Å². The van der Waals surface area contributed by atoms with Gasteiger partial charge in [0.2, 0.25) is 0 Å². The Labute approximate surface area is 109 Å². The third kappa shape index (κ3) is 2.29. The summed E-state index contributed by atoms with van der Waals surface area (Å²) in [6, 6.07) is 0. The van der Waals surface area contributed by atoms with Gasteiger partial charge in [-0.1, -0.05) is 59.3 Å². The summed E-state index contributed by atoms with van der Waals surface area (Å²) in [5.41, 5.74) is 1.63. The van der Waals surface area contributed by atoms with Gasteiger partial charge in [0, 0.05) is 0 Å². The molecule has 0 aromatic rings. The highest BCUT2D eigenvalue weighted by atomic mass is 14.7. The van der Waals surface area contributed by atoms with Gasteiger partial charge < -0.3 is 0 Å². The molecule has 0 amide bonds. The van der Waals surface area contributed by atoms with Crippen LogP contribution in [0.2, 0.25) is 0 Å². The molecule has 0 heterocycles. The summed E-state index contributed by atoms with van der Waals surface area (Å²) in [7, 11) is 0. The SMILES string of the molecule is CC.CC1(C2CCCCC2)CC12CCCCC2. The van der Waals surface area contributed by atoms with Crippen molar-refractivity contribution in [3.05, 3.63) is 0 Å². The minimum absolute atomic E-state index is 0.786. The number of hydrogen-bond donors (Lipinski definition) is 0. The first-order valence-electron chi connectivity index (χ1n) is 8.27. The maximum atomic E-state index is 2.63. The monoisotopic (exact) mass is 236 g/mol. The average molecular weight is 236 g/mol. The quantitative estimate of drug-likeness (QED) is 0.527. The van der Waals surface area contributed by atoms with Crippen molar-refractivity contribution in [3.8, 4) is 0 Å². The molecule has 1 atom stereocenters. The molecule has 100 valence electrons. The predicted octanol–water partition coefficient (Wildman–Crippen LogP) is 5.95. The van der Waals surface area contributed by atoms with Gasteiger partial charge in [0.05, 0.1) is 0 Å². The molecule has 0 bridgehead atoms. The van der Waals surface area contributed by atoms with Gasteiger partial charge in [0.15, 0.2) is 0 Å². The van der Waals surface area contributed by atoms with Crippen molar-refractivity contribution in [1.82, 2.24) is 0 Å². The van der Waals surface area contributed by atoms with E-state index in [-0.39, 0.29) is 0 Å². The Bertz CT molecular complexity index is 230. The van der Waals surface area contributed by atoms with Gasteiger partial charge in [-0.15, -0.1) is 0 Å². The predicted molar refractivity (Wildman–Crippen MR) is 76.2 cm³/mol. The lowest BCUT2D eigenvalue weighted by Crippen LogP contribution is -2.24. The Morgan fingerprint density at radius 2 is 1.29 bits per heavy atom. The molecule has 17 heavy (non-hydrogen) atoms. The van der Waals surface area contributed by atoms with Crippen molar-refractivity contribution in [3.63, 3.8) is 0 Å². The first-order valence-corrected chi connectivity index (χ1v) is 8.27. The molecule has 0 aromatic heterocycles. The molecule has 3 rings (SSSR count). The van der Waals surface area contributed by atoms with E-state index in [0.29, 0.717) is 0 Å². The van der Waals surface area contributed by atoms with E-state index in [9.17, 15) is 0 Å². The Balaban J connectivity index is 0.000000514. The first-order chi connectivity index (χ1) is 8.27. The van der Waals surface area contributed by atoms with E-state index < -0.39 is 0 Å². The van der Waals surface area contributed by atoms with Gasteiger partial charge in [-0.2, -0.15) is 0 Å². The molecule has 3 saturated carbocycles. The van der Waals surface area contributed by atoms with Crippen molar-refractivity contribution in [2.24, 2.45) is 16.7 Å². The van der Waals surface area contributed by atoms with Crippen LogP contribution in [-0.2, 0) is 0 Å². The molecule has 0 heteroatoms. The third-order valence-electron chi connectivity index (χ3n) is 6.11. The van der Waals surface area contributed by atoms with Crippen LogP contribution >= 0.6 is 0 Å². The highest BCUT2D eigenvalue weighted by Gasteiger charge is 2.65. The number of hydrogen-bond acceptors (Lipinski definition) is 0. The van der Waals surface area contributed by atoms with Crippen LogP contribution in [0.15, 0.2) is 0 Å². The van der Waals surface area contributed by atoms with Crippen LogP contribution < -0.4 is 0 Å². The Hall–Kier alpha value is 0. The molecule has 0 aliphatic heterocycles. The van der Waals surface area contributed by atoms with E-state index in [4.69, 9.17) is 0 Å². The fourth-order valence-corrected chi connectivity index (χ4v) is 4.95. The minimum Gasteiger partial charge on any atom is -0.0683 e. The molecule has 0 nitrogen and oxygen atoms in total. The lowest BCUT2D eigenvalue weighted by molar-refractivity contribution is 0.158. The van der Waals surface area contributed by atoms with Crippen LogP contribution in [0.3, 0.4) is 0 Å². The standard InChI is InChI=1S/C15H26.C2H6/c1-14(13-8-4-2-5-9-13)12-15(14)10-6-3-7-11-15;1-2/h13H,2-12H2,1H3;1-2H3. The molecule has 0 N–H and O–H groups in total. The molecule has 0 radical (unpaired) electrons. The fourth-order valence-electron chi connectivity index (χ4n) is 4.95. The van der Waals surface area contributed by atoms with E-state index in [2.05, 4.69) is 6.92 Å². The Morgan fingerprint density at radius 3 is 1.88 bits per heavy atom. The molecule has 0 aromatic carbocycles. The highest BCUT2D eigenvalue weighted by molar-refractivity contribution is 5.15. The van der Waals surface area contributed by atoms with Gasteiger partial charge >= 0.3 is 0 Å². The molecule has 3 aliphatic carbocycles. The van der Waals surface area contributed by atoms with E-state index >= 15 is 0 Å². The zero-order valence-electron chi connectivity index (χ0n) is 12.4. The van der Waals surface area contributed by atoms with Crippen molar-refractivity contribution < 1.29 is 0 Å². The lowest BCUT2D eigenvalue weighted by atomic mass is 9.70.